The molecule has 2 aliphatic rings. The average molecular weight is 292 g/mol. The summed E-state index contributed by atoms with van der Waals surface area (Å²) in [6.07, 6.45) is 1.27. The van der Waals surface area contributed by atoms with Gasteiger partial charge in [-0.3, -0.25) is 9.69 Å². The quantitative estimate of drug-likeness (QED) is 0.914. The molecule has 0 spiro atoms. The van der Waals surface area contributed by atoms with E-state index in [9.17, 15) is 9.18 Å². The first-order chi connectivity index (χ1) is 10.1. The van der Waals surface area contributed by atoms with Crippen LogP contribution in [0.2, 0.25) is 0 Å². The molecule has 21 heavy (non-hydrogen) atoms. The van der Waals surface area contributed by atoms with E-state index in [0.29, 0.717) is 11.6 Å². The van der Waals surface area contributed by atoms with Gasteiger partial charge in [0.1, 0.15) is 5.82 Å². The first kappa shape index (κ1) is 14.5. The van der Waals surface area contributed by atoms with Gasteiger partial charge in [0.05, 0.1) is 19.1 Å². The molecule has 2 heterocycles. The Kier molecular flexibility index (Phi) is 4.22. The first-order valence-corrected chi connectivity index (χ1v) is 7.50. The molecule has 114 valence electrons. The van der Waals surface area contributed by atoms with Gasteiger partial charge < -0.3 is 10.1 Å². The number of amides is 1. The van der Waals surface area contributed by atoms with Crippen molar-refractivity contribution in [2.24, 2.45) is 0 Å². The number of morpholine rings is 1. The van der Waals surface area contributed by atoms with Crippen molar-refractivity contribution in [2.45, 2.75) is 38.0 Å². The fraction of sp³-hybridized carbons (Fsp3) is 0.562. The van der Waals surface area contributed by atoms with Crippen molar-refractivity contribution in [3.63, 3.8) is 0 Å². The van der Waals surface area contributed by atoms with Gasteiger partial charge in [-0.2, -0.15) is 0 Å². The third-order valence-corrected chi connectivity index (χ3v) is 4.27. The predicted molar refractivity (Wildman–Crippen MR) is 77.4 cm³/mol. The number of ether oxygens (including phenoxy) is 1. The van der Waals surface area contributed by atoms with E-state index in [1.807, 2.05) is 0 Å². The topological polar surface area (TPSA) is 41.6 Å². The molecule has 4 nitrogen and oxygen atoms in total. The second kappa shape index (κ2) is 6.12. The maximum Gasteiger partial charge on any atom is 0.224 e. The molecule has 0 radical (unpaired) electrons. The Balaban J connectivity index is 1.53. The van der Waals surface area contributed by atoms with Gasteiger partial charge in [-0.25, -0.2) is 4.39 Å². The Morgan fingerprint density at radius 2 is 2.24 bits per heavy atom. The second-order valence-electron chi connectivity index (χ2n) is 6.02. The number of fused-ring (bicyclic) bond motifs is 1. The van der Waals surface area contributed by atoms with Gasteiger partial charge >= 0.3 is 0 Å². The molecule has 2 saturated heterocycles. The molecule has 0 aliphatic carbocycles. The molecule has 0 bridgehead atoms. The lowest BCUT2D eigenvalue weighted by atomic mass is 10.1. The van der Waals surface area contributed by atoms with E-state index in [0.717, 1.165) is 26.1 Å². The highest BCUT2D eigenvalue weighted by Gasteiger charge is 2.36. The van der Waals surface area contributed by atoms with E-state index in [2.05, 4.69) is 17.1 Å². The largest absolute Gasteiger partial charge is 0.376 e. The normalized spacial score (nSPS) is 29.1. The van der Waals surface area contributed by atoms with Crippen molar-refractivity contribution >= 4 is 5.91 Å². The number of benzene rings is 1. The monoisotopic (exact) mass is 292 g/mol. The Bertz CT molecular complexity index is 523. The molecule has 0 aromatic heterocycles. The van der Waals surface area contributed by atoms with Crippen molar-refractivity contribution in [2.75, 3.05) is 19.7 Å². The summed E-state index contributed by atoms with van der Waals surface area (Å²) in [7, 11) is 0. The fourth-order valence-corrected chi connectivity index (χ4v) is 3.24. The number of carbonyl (C=O) groups is 1. The lowest BCUT2D eigenvalue weighted by Gasteiger charge is -2.33. The van der Waals surface area contributed by atoms with Gasteiger partial charge in [0.25, 0.3) is 0 Å². The standard InChI is InChI=1S/C16H21FN2O2/c1-11-8-19-9-13(7-14(19)10-21-11)18-16(20)6-12-4-2-3-5-15(12)17/h2-5,11,13-14H,6-10H2,1H3,(H,18,20)/t11-,13+,14-/m0/s1. The zero-order valence-electron chi connectivity index (χ0n) is 12.2. The second-order valence-corrected chi connectivity index (χ2v) is 6.02. The van der Waals surface area contributed by atoms with E-state index < -0.39 is 0 Å². The van der Waals surface area contributed by atoms with Crippen molar-refractivity contribution < 1.29 is 13.9 Å². The number of hydrogen-bond acceptors (Lipinski definition) is 3. The lowest BCUT2D eigenvalue weighted by molar-refractivity contribution is -0.121. The highest BCUT2D eigenvalue weighted by Crippen LogP contribution is 2.23. The van der Waals surface area contributed by atoms with Crippen LogP contribution in [-0.4, -0.2) is 48.7 Å². The van der Waals surface area contributed by atoms with Crippen LogP contribution < -0.4 is 5.32 Å². The molecule has 3 rings (SSSR count). The van der Waals surface area contributed by atoms with Gasteiger partial charge in [0, 0.05) is 25.2 Å². The summed E-state index contributed by atoms with van der Waals surface area (Å²) in [5.74, 6) is -0.433. The van der Waals surface area contributed by atoms with Crippen LogP contribution in [0.25, 0.3) is 0 Å². The Hall–Kier alpha value is -1.46. The summed E-state index contributed by atoms with van der Waals surface area (Å²) in [6, 6.07) is 6.97. The van der Waals surface area contributed by atoms with E-state index in [4.69, 9.17) is 4.74 Å². The van der Waals surface area contributed by atoms with Crippen molar-refractivity contribution in [1.82, 2.24) is 10.2 Å². The Labute approximate surface area is 124 Å². The van der Waals surface area contributed by atoms with Crippen LogP contribution >= 0.6 is 0 Å². The van der Waals surface area contributed by atoms with Crippen molar-refractivity contribution in [3.8, 4) is 0 Å². The zero-order valence-corrected chi connectivity index (χ0v) is 12.2. The average Bonchev–Trinajstić information content (AvgIpc) is 2.82. The molecule has 0 unspecified atom stereocenters. The molecule has 2 aliphatic heterocycles. The third-order valence-electron chi connectivity index (χ3n) is 4.27. The van der Waals surface area contributed by atoms with Crippen LogP contribution in [0, 0.1) is 5.82 Å². The molecule has 0 saturated carbocycles. The minimum atomic E-state index is -0.321. The van der Waals surface area contributed by atoms with Gasteiger partial charge in [-0.05, 0) is 25.0 Å². The summed E-state index contributed by atoms with van der Waals surface area (Å²) in [6.45, 7) is 4.59. The van der Waals surface area contributed by atoms with E-state index in [-0.39, 0.29) is 30.3 Å². The van der Waals surface area contributed by atoms with E-state index in [1.165, 1.54) is 6.07 Å². The molecule has 1 amide bonds. The van der Waals surface area contributed by atoms with E-state index in [1.54, 1.807) is 18.2 Å². The molecular weight excluding hydrogens is 271 g/mol. The number of carbonyl (C=O) groups excluding carboxylic acids is 1. The number of rotatable bonds is 3. The van der Waals surface area contributed by atoms with Crippen LogP contribution in [0.4, 0.5) is 4.39 Å². The summed E-state index contributed by atoms with van der Waals surface area (Å²) in [4.78, 5) is 14.4. The lowest BCUT2D eigenvalue weighted by Crippen LogP contribution is -2.45. The first-order valence-electron chi connectivity index (χ1n) is 7.50. The van der Waals surface area contributed by atoms with Crippen LogP contribution in [0.3, 0.4) is 0 Å². The van der Waals surface area contributed by atoms with Gasteiger partial charge in [0.15, 0.2) is 0 Å². The van der Waals surface area contributed by atoms with Gasteiger partial charge in [-0.15, -0.1) is 0 Å². The van der Waals surface area contributed by atoms with E-state index >= 15 is 0 Å². The minimum absolute atomic E-state index is 0.0980. The highest BCUT2D eigenvalue weighted by atomic mass is 19.1. The maximum absolute atomic E-state index is 13.5. The zero-order chi connectivity index (χ0) is 14.8. The Morgan fingerprint density at radius 1 is 1.43 bits per heavy atom. The number of nitrogens with zero attached hydrogens (tertiary/aromatic N) is 1. The summed E-state index contributed by atoms with van der Waals surface area (Å²) in [5.41, 5.74) is 0.447. The number of halogens is 1. The number of nitrogens with one attached hydrogen (secondary N) is 1. The molecule has 1 N–H and O–H groups in total. The number of hydrogen-bond donors (Lipinski definition) is 1. The fourth-order valence-electron chi connectivity index (χ4n) is 3.24. The van der Waals surface area contributed by atoms with Crippen LogP contribution in [0.5, 0.6) is 0 Å². The molecule has 1 aromatic rings. The molecule has 3 atom stereocenters. The minimum Gasteiger partial charge on any atom is -0.376 e. The SMILES string of the molecule is C[C@H]1CN2C[C@H](NC(=O)Cc3ccccc3F)C[C@H]2CO1. The Morgan fingerprint density at radius 3 is 3.05 bits per heavy atom. The third kappa shape index (κ3) is 3.41. The molecule has 1 aromatic carbocycles. The van der Waals surface area contributed by atoms with Crippen LogP contribution in [-0.2, 0) is 16.0 Å². The molecule has 2 fully saturated rings. The van der Waals surface area contributed by atoms with Crippen LogP contribution in [0.1, 0.15) is 18.9 Å². The summed E-state index contributed by atoms with van der Waals surface area (Å²) in [5, 5.41) is 3.02. The molecular formula is C16H21FN2O2. The van der Waals surface area contributed by atoms with Gasteiger partial charge in [-0.1, -0.05) is 18.2 Å². The predicted octanol–water partition coefficient (Wildman–Crippen LogP) is 1.35. The summed E-state index contributed by atoms with van der Waals surface area (Å²) >= 11 is 0. The maximum atomic E-state index is 13.5. The smallest absolute Gasteiger partial charge is 0.224 e. The van der Waals surface area contributed by atoms with Crippen molar-refractivity contribution in [1.29, 1.82) is 0 Å². The molecule has 5 heteroatoms. The summed E-state index contributed by atoms with van der Waals surface area (Å²) < 4.78 is 19.2. The van der Waals surface area contributed by atoms with Gasteiger partial charge in [0.2, 0.25) is 5.91 Å². The highest BCUT2D eigenvalue weighted by molar-refractivity contribution is 5.79. The van der Waals surface area contributed by atoms with Crippen LogP contribution in [0.15, 0.2) is 24.3 Å². The van der Waals surface area contributed by atoms with Crippen molar-refractivity contribution in [3.05, 3.63) is 35.6 Å².